The summed E-state index contributed by atoms with van der Waals surface area (Å²) in [6.45, 7) is 1.01. The molecule has 6 nitrogen and oxygen atoms in total. The lowest BCUT2D eigenvalue weighted by atomic mass is 10.0. The topological polar surface area (TPSA) is 80.8 Å². The summed E-state index contributed by atoms with van der Waals surface area (Å²) < 4.78 is 44.9. The van der Waals surface area contributed by atoms with Gasteiger partial charge in [-0.15, -0.1) is 0 Å². The fourth-order valence-corrected chi connectivity index (χ4v) is 4.97. The Bertz CT molecular complexity index is 1230. The number of carbonyl (C=O) groups excluding carboxylic acids is 2. The van der Waals surface area contributed by atoms with E-state index in [4.69, 9.17) is 4.74 Å². The van der Waals surface area contributed by atoms with Gasteiger partial charge in [-0.05, 0) is 85.6 Å². The number of esters is 1. The van der Waals surface area contributed by atoms with Crippen LogP contribution in [-0.4, -0.2) is 37.6 Å². The monoisotopic (exact) mass is 453 g/mol. The maximum absolute atomic E-state index is 13.0. The third-order valence-electron chi connectivity index (χ3n) is 5.23. The predicted octanol–water partition coefficient (Wildman–Crippen LogP) is 4.06. The SMILES string of the molecule is O=C(Oc1ccc(C(=O)c2ccc(F)cc2)cc1)c1ccc(S(=O)(=O)N2CCCC2)cc1. The third kappa shape index (κ3) is 4.61. The quantitative estimate of drug-likeness (QED) is 0.319. The molecule has 3 aromatic rings. The van der Waals surface area contributed by atoms with E-state index in [1.807, 2.05) is 0 Å². The van der Waals surface area contributed by atoms with Gasteiger partial charge < -0.3 is 4.74 Å². The minimum absolute atomic E-state index is 0.139. The Morgan fingerprint density at radius 1 is 0.750 bits per heavy atom. The van der Waals surface area contributed by atoms with Crippen molar-refractivity contribution < 1.29 is 27.1 Å². The molecule has 0 amide bonds. The van der Waals surface area contributed by atoms with Crippen LogP contribution in [-0.2, 0) is 10.0 Å². The van der Waals surface area contributed by atoms with Crippen LogP contribution in [0.15, 0.2) is 77.7 Å². The molecule has 0 atom stereocenters. The van der Waals surface area contributed by atoms with Crippen molar-refractivity contribution in [1.82, 2.24) is 4.31 Å². The lowest BCUT2D eigenvalue weighted by Crippen LogP contribution is -2.27. The highest BCUT2D eigenvalue weighted by atomic mass is 32.2. The highest BCUT2D eigenvalue weighted by molar-refractivity contribution is 7.89. The van der Waals surface area contributed by atoms with E-state index in [0.717, 1.165) is 12.8 Å². The molecular weight excluding hydrogens is 433 g/mol. The number of rotatable bonds is 6. The van der Waals surface area contributed by atoms with Crippen LogP contribution in [0.1, 0.15) is 39.1 Å². The average molecular weight is 453 g/mol. The number of carbonyl (C=O) groups is 2. The number of sulfonamides is 1. The zero-order valence-corrected chi connectivity index (χ0v) is 17.8. The number of halogens is 1. The summed E-state index contributed by atoms with van der Waals surface area (Å²) in [6, 6.07) is 16.9. The van der Waals surface area contributed by atoms with E-state index < -0.39 is 21.8 Å². The number of ketones is 1. The molecule has 0 N–H and O–H groups in total. The fourth-order valence-electron chi connectivity index (χ4n) is 3.45. The zero-order valence-electron chi connectivity index (χ0n) is 17.0. The second-order valence-corrected chi connectivity index (χ2v) is 9.32. The molecule has 1 aliphatic rings. The average Bonchev–Trinajstić information content (AvgIpc) is 3.36. The second-order valence-electron chi connectivity index (χ2n) is 7.39. The molecule has 1 aliphatic heterocycles. The Hall–Kier alpha value is -3.36. The van der Waals surface area contributed by atoms with Gasteiger partial charge in [0.1, 0.15) is 11.6 Å². The first-order valence-electron chi connectivity index (χ1n) is 10.1. The molecule has 0 radical (unpaired) electrons. The number of ether oxygens (including phenoxy) is 1. The molecule has 0 saturated carbocycles. The molecule has 0 bridgehead atoms. The van der Waals surface area contributed by atoms with Gasteiger partial charge >= 0.3 is 5.97 Å². The summed E-state index contributed by atoms with van der Waals surface area (Å²) in [5.74, 6) is -1.12. The Morgan fingerprint density at radius 2 is 1.25 bits per heavy atom. The van der Waals surface area contributed by atoms with E-state index in [9.17, 15) is 22.4 Å². The largest absolute Gasteiger partial charge is 0.423 e. The van der Waals surface area contributed by atoms with Crippen molar-refractivity contribution in [1.29, 1.82) is 0 Å². The minimum atomic E-state index is -3.55. The molecule has 0 unspecified atom stereocenters. The van der Waals surface area contributed by atoms with Crippen molar-refractivity contribution >= 4 is 21.8 Å². The molecule has 0 spiro atoms. The normalized spacial score (nSPS) is 14.3. The Kier molecular flexibility index (Phi) is 6.16. The first-order valence-corrected chi connectivity index (χ1v) is 11.5. The molecule has 8 heteroatoms. The number of benzene rings is 3. The van der Waals surface area contributed by atoms with Gasteiger partial charge in [0, 0.05) is 24.2 Å². The molecule has 32 heavy (non-hydrogen) atoms. The van der Waals surface area contributed by atoms with Gasteiger partial charge in [-0.25, -0.2) is 17.6 Å². The lowest BCUT2D eigenvalue weighted by molar-refractivity contribution is 0.0734. The van der Waals surface area contributed by atoms with E-state index in [-0.39, 0.29) is 22.0 Å². The van der Waals surface area contributed by atoms with E-state index in [2.05, 4.69) is 0 Å². The van der Waals surface area contributed by atoms with Gasteiger partial charge in [0.05, 0.1) is 10.5 Å². The lowest BCUT2D eigenvalue weighted by Gasteiger charge is -2.15. The van der Waals surface area contributed by atoms with Crippen LogP contribution >= 0.6 is 0 Å². The van der Waals surface area contributed by atoms with Crippen molar-refractivity contribution in [3.8, 4) is 5.75 Å². The smallest absolute Gasteiger partial charge is 0.343 e. The zero-order chi connectivity index (χ0) is 22.7. The van der Waals surface area contributed by atoms with E-state index >= 15 is 0 Å². The van der Waals surface area contributed by atoms with Gasteiger partial charge in [-0.3, -0.25) is 4.79 Å². The predicted molar refractivity (Wildman–Crippen MR) is 116 cm³/mol. The first kappa shape index (κ1) is 21.9. The molecule has 4 rings (SSSR count). The fraction of sp³-hybridized carbons (Fsp3) is 0.167. The van der Waals surface area contributed by atoms with Crippen LogP contribution in [0.2, 0.25) is 0 Å². The maximum Gasteiger partial charge on any atom is 0.343 e. The maximum atomic E-state index is 13.0. The minimum Gasteiger partial charge on any atom is -0.423 e. The van der Waals surface area contributed by atoms with Crippen LogP contribution < -0.4 is 4.74 Å². The molecule has 1 saturated heterocycles. The van der Waals surface area contributed by atoms with Gasteiger partial charge in [0.25, 0.3) is 0 Å². The summed E-state index contributed by atoms with van der Waals surface area (Å²) in [5.41, 5.74) is 0.921. The van der Waals surface area contributed by atoms with Crippen molar-refractivity contribution in [2.45, 2.75) is 17.7 Å². The molecule has 0 aromatic heterocycles. The second kappa shape index (κ2) is 9.02. The van der Waals surface area contributed by atoms with Crippen molar-refractivity contribution in [2.75, 3.05) is 13.1 Å². The summed E-state index contributed by atoms with van der Waals surface area (Å²) >= 11 is 0. The van der Waals surface area contributed by atoms with Gasteiger partial charge in [-0.2, -0.15) is 4.31 Å². The highest BCUT2D eigenvalue weighted by Gasteiger charge is 2.27. The van der Waals surface area contributed by atoms with Crippen LogP contribution in [0.3, 0.4) is 0 Å². The summed E-state index contributed by atoms with van der Waals surface area (Å²) in [6.07, 6.45) is 1.69. The number of nitrogens with zero attached hydrogens (tertiary/aromatic N) is 1. The summed E-state index contributed by atoms with van der Waals surface area (Å²) in [4.78, 5) is 25.0. The van der Waals surface area contributed by atoms with Crippen LogP contribution in [0.5, 0.6) is 5.75 Å². The van der Waals surface area contributed by atoms with E-state index in [1.54, 1.807) is 0 Å². The van der Waals surface area contributed by atoms with Crippen LogP contribution in [0.4, 0.5) is 4.39 Å². The van der Waals surface area contributed by atoms with Gasteiger partial charge in [-0.1, -0.05) is 0 Å². The van der Waals surface area contributed by atoms with Crippen molar-refractivity contribution in [3.05, 3.63) is 95.3 Å². The summed E-state index contributed by atoms with van der Waals surface area (Å²) in [5, 5.41) is 0. The van der Waals surface area contributed by atoms with E-state index in [0.29, 0.717) is 24.2 Å². The molecule has 1 fully saturated rings. The van der Waals surface area contributed by atoms with Crippen molar-refractivity contribution in [3.63, 3.8) is 0 Å². The first-order chi connectivity index (χ1) is 15.3. The molecular formula is C24H20FNO5S. The Labute approximate surface area is 185 Å². The van der Waals surface area contributed by atoms with Crippen LogP contribution in [0, 0.1) is 5.82 Å². The number of hydrogen-bond donors (Lipinski definition) is 0. The third-order valence-corrected chi connectivity index (χ3v) is 7.14. The van der Waals surface area contributed by atoms with Crippen LogP contribution in [0.25, 0.3) is 0 Å². The summed E-state index contributed by atoms with van der Waals surface area (Å²) in [7, 11) is -3.55. The number of hydrogen-bond acceptors (Lipinski definition) is 5. The molecule has 0 aliphatic carbocycles. The van der Waals surface area contributed by atoms with Gasteiger partial charge in [0.2, 0.25) is 10.0 Å². The van der Waals surface area contributed by atoms with E-state index in [1.165, 1.54) is 77.1 Å². The standard InChI is InChI=1S/C24H20FNO5S/c25-20-9-3-17(4-10-20)23(27)18-5-11-21(12-6-18)31-24(28)19-7-13-22(14-8-19)32(29,30)26-15-1-2-16-26/h3-14H,1-2,15-16H2. The highest BCUT2D eigenvalue weighted by Crippen LogP contribution is 2.22. The molecule has 164 valence electrons. The molecule has 1 heterocycles. The van der Waals surface area contributed by atoms with Gasteiger partial charge in [0.15, 0.2) is 5.78 Å². The molecule has 3 aromatic carbocycles. The Balaban J connectivity index is 1.42. The Morgan fingerprint density at radius 3 is 1.81 bits per heavy atom. The van der Waals surface area contributed by atoms with Crippen molar-refractivity contribution in [2.24, 2.45) is 0 Å².